The number of rotatable bonds is 7. The molecule has 0 fully saturated rings. The van der Waals surface area contributed by atoms with Crippen LogP contribution in [0.5, 0.6) is 23.0 Å². The van der Waals surface area contributed by atoms with Crippen molar-refractivity contribution >= 4 is 74.0 Å². The third kappa shape index (κ3) is 10.7. The molecule has 0 bridgehead atoms. The SMILES string of the molecule is CO.COc1cc2ncnc(Nc3ccc(F)c(Cl)c3)c2cc1O.COc1cc2ncnc(Nc3ccc(F)c(Cl)c3)c2cc1OC(C)=O.[Na+].[OH-]. The number of anilines is 4. The number of aromatic hydroxyl groups is 1. The van der Waals surface area contributed by atoms with E-state index >= 15 is 0 Å². The van der Waals surface area contributed by atoms with E-state index in [0.717, 1.165) is 7.11 Å². The second-order valence-electron chi connectivity index (χ2n) is 9.61. The van der Waals surface area contributed by atoms with Crippen molar-refractivity contribution in [2.24, 2.45) is 0 Å². The minimum absolute atomic E-state index is 0. The number of phenolic OH excluding ortho intramolecular Hbond substituents is 1. The second-order valence-corrected chi connectivity index (χ2v) is 10.4. The molecule has 6 rings (SSSR count). The Balaban J connectivity index is 0.000000327. The van der Waals surface area contributed by atoms with Gasteiger partial charge in [-0.25, -0.2) is 28.7 Å². The molecule has 0 aliphatic carbocycles. The summed E-state index contributed by atoms with van der Waals surface area (Å²) >= 11 is 11.6. The number of carbonyl (C=O) groups excluding carboxylic acids is 1. The van der Waals surface area contributed by atoms with Crippen molar-refractivity contribution in [3.8, 4) is 23.0 Å². The Morgan fingerprint density at radius 2 is 1.16 bits per heavy atom. The summed E-state index contributed by atoms with van der Waals surface area (Å²) in [6.45, 7) is 1.30. The maximum absolute atomic E-state index is 13.3. The average Bonchev–Trinajstić information content (AvgIpc) is 3.09. The van der Waals surface area contributed by atoms with Crippen LogP contribution in [-0.2, 0) is 4.79 Å². The summed E-state index contributed by atoms with van der Waals surface area (Å²) in [5, 5.41) is 24.2. The largest absolute Gasteiger partial charge is 1.00 e. The van der Waals surface area contributed by atoms with Crippen LogP contribution in [0.3, 0.4) is 0 Å². The molecule has 262 valence electrons. The third-order valence-corrected chi connectivity index (χ3v) is 7.05. The number of halogens is 4. The summed E-state index contributed by atoms with van der Waals surface area (Å²) in [5.41, 5.74) is 2.30. The number of ether oxygens (including phenoxy) is 3. The number of aliphatic hydroxyl groups is 1. The minimum Gasteiger partial charge on any atom is -0.870 e. The molecule has 0 radical (unpaired) electrons. The van der Waals surface area contributed by atoms with Gasteiger partial charge in [0.05, 0.1) is 35.3 Å². The molecule has 0 atom stereocenters. The van der Waals surface area contributed by atoms with Crippen molar-refractivity contribution in [1.82, 2.24) is 19.9 Å². The van der Waals surface area contributed by atoms with Gasteiger partial charge in [-0.1, -0.05) is 23.2 Å². The fraction of sp³-hybridized carbons (Fsp3) is 0.121. The molecule has 0 amide bonds. The van der Waals surface area contributed by atoms with E-state index in [2.05, 4.69) is 30.6 Å². The van der Waals surface area contributed by atoms with E-state index in [9.17, 15) is 18.7 Å². The Morgan fingerprint density at radius 3 is 1.59 bits per heavy atom. The number of esters is 1. The van der Waals surface area contributed by atoms with Gasteiger partial charge in [0.25, 0.3) is 0 Å². The summed E-state index contributed by atoms with van der Waals surface area (Å²) in [6.07, 6.45) is 2.76. The van der Waals surface area contributed by atoms with Crippen LogP contribution in [0.4, 0.5) is 31.8 Å². The molecule has 51 heavy (non-hydrogen) atoms. The van der Waals surface area contributed by atoms with Crippen LogP contribution < -0.4 is 54.4 Å². The van der Waals surface area contributed by atoms with Gasteiger partial charge in [0.1, 0.15) is 35.9 Å². The van der Waals surface area contributed by atoms with Crippen LogP contribution >= 0.6 is 23.2 Å². The van der Waals surface area contributed by atoms with Crippen LogP contribution in [0.2, 0.25) is 10.0 Å². The smallest absolute Gasteiger partial charge is 0.870 e. The number of aliphatic hydroxyl groups excluding tert-OH is 1. The molecule has 13 nitrogen and oxygen atoms in total. The quantitative estimate of drug-likeness (QED) is 0.102. The van der Waals surface area contributed by atoms with E-state index in [-0.39, 0.29) is 56.6 Å². The molecule has 5 N–H and O–H groups in total. The van der Waals surface area contributed by atoms with Crippen molar-refractivity contribution < 1.29 is 73.0 Å². The predicted molar refractivity (Wildman–Crippen MR) is 185 cm³/mol. The van der Waals surface area contributed by atoms with Crippen molar-refractivity contribution in [2.45, 2.75) is 6.92 Å². The number of methoxy groups -OCH3 is 2. The van der Waals surface area contributed by atoms with Gasteiger partial charge >= 0.3 is 35.5 Å². The Kier molecular flexibility index (Phi) is 16.4. The van der Waals surface area contributed by atoms with Crippen LogP contribution in [0.25, 0.3) is 21.8 Å². The number of benzene rings is 4. The molecule has 4 aromatic carbocycles. The zero-order chi connectivity index (χ0) is 35.7. The van der Waals surface area contributed by atoms with Crippen LogP contribution in [0.1, 0.15) is 6.92 Å². The van der Waals surface area contributed by atoms with E-state index in [4.69, 9.17) is 42.5 Å². The molecule has 0 aliphatic rings. The topological polar surface area (TPSA) is 191 Å². The molecule has 6 aromatic rings. The second kappa shape index (κ2) is 19.7. The third-order valence-electron chi connectivity index (χ3n) is 6.48. The number of nitrogens with one attached hydrogen (secondary N) is 2. The van der Waals surface area contributed by atoms with Gasteiger partial charge in [-0.05, 0) is 48.5 Å². The Bertz CT molecular complexity index is 2140. The molecule has 2 heterocycles. The number of hydrogen-bond acceptors (Lipinski definition) is 13. The Labute approximate surface area is 322 Å². The average molecular weight is 754 g/mol. The van der Waals surface area contributed by atoms with Gasteiger partial charge in [-0.2, -0.15) is 0 Å². The van der Waals surface area contributed by atoms with Crippen molar-refractivity contribution in [3.05, 3.63) is 95.0 Å². The van der Waals surface area contributed by atoms with E-state index in [0.29, 0.717) is 56.3 Å². The molecule has 18 heteroatoms. The van der Waals surface area contributed by atoms with Crippen molar-refractivity contribution in [2.75, 3.05) is 32.0 Å². The molecule has 2 aromatic heterocycles. The first-order valence-electron chi connectivity index (χ1n) is 14.0. The maximum Gasteiger partial charge on any atom is 1.00 e. The first kappa shape index (κ1) is 42.6. The molecule has 0 unspecified atom stereocenters. The standard InChI is InChI=1S/C17H13ClFN3O3.C15H11ClFN3O2.CH4O.Na.H2O/c1-9(23)25-16-6-11-14(7-15(16)24-2)20-8-21-17(11)22-10-3-4-13(19)12(18)5-10;1-22-14-6-12-9(5-13(14)21)15(19-7-18-12)20-8-2-3-11(17)10(16)4-8;1-2;;/h3-8H,1-2H3,(H,20,21,22);2-7,21H,1H3,(H,18,19,20);2H,1H3;;1H2/q;;;+1;/p-1. The monoisotopic (exact) mass is 752 g/mol. The van der Waals surface area contributed by atoms with Crippen LogP contribution in [0.15, 0.2) is 73.3 Å². The maximum atomic E-state index is 13.3. The number of carbonyl (C=O) groups is 1. The van der Waals surface area contributed by atoms with Crippen LogP contribution in [0, 0.1) is 11.6 Å². The van der Waals surface area contributed by atoms with Gasteiger partial charge in [-0.15, -0.1) is 0 Å². The predicted octanol–water partition coefficient (Wildman–Crippen LogP) is 4.42. The van der Waals surface area contributed by atoms with Gasteiger partial charge in [0, 0.05) is 48.3 Å². The number of nitrogens with zero attached hydrogens (tertiary/aromatic N) is 4. The molecule has 0 saturated heterocycles. The Hall–Kier alpha value is -4.61. The van der Waals surface area contributed by atoms with Crippen molar-refractivity contribution in [3.63, 3.8) is 0 Å². The zero-order valence-corrected chi connectivity index (χ0v) is 31.2. The van der Waals surface area contributed by atoms with Crippen LogP contribution in [-0.4, -0.2) is 62.9 Å². The van der Waals surface area contributed by atoms with Gasteiger partial charge in [0.15, 0.2) is 23.0 Å². The fourth-order valence-corrected chi connectivity index (χ4v) is 4.68. The number of hydrogen-bond donors (Lipinski definition) is 4. The summed E-state index contributed by atoms with van der Waals surface area (Å²) < 4.78 is 41.9. The summed E-state index contributed by atoms with van der Waals surface area (Å²) in [6, 6.07) is 14.8. The number of fused-ring (bicyclic) bond motifs is 2. The van der Waals surface area contributed by atoms with E-state index in [1.54, 1.807) is 24.3 Å². The van der Waals surface area contributed by atoms with E-state index < -0.39 is 17.6 Å². The fourth-order valence-electron chi connectivity index (χ4n) is 4.31. The molecular formula is C33H29Cl2F2N6NaO7. The normalized spacial score (nSPS) is 9.90. The first-order chi connectivity index (χ1) is 23.6. The summed E-state index contributed by atoms with van der Waals surface area (Å²) in [7, 11) is 3.93. The summed E-state index contributed by atoms with van der Waals surface area (Å²) in [4.78, 5) is 27.9. The Morgan fingerprint density at radius 1 is 0.706 bits per heavy atom. The molecule has 0 aliphatic heterocycles. The van der Waals surface area contributed by atoms with E-state index in [1.807, 2.05) is 0 Å². The van der Waals surface area contributed by atoms with Crippen molar-refractivity contribution in [1.29, 1.82) is 0 Å². The number of phenols is 1. The van der Waals surface area contributed by atoms with Gasteiger partial charge < -0.3 is 40.5 Å². The van der Waals surface area contributed by atoms with Gasteiger partial charge in [0.2, 0.25) is 0 Å². The molecule has 0 saturated carbocycles. The first-order valence-corrected chi connectivity index (χ1v) is 14.7. The summed E-state index contributed by atoms with van der Waals surface area (Å²) in [5.74, 6) is 0.342. The molecule has 0 spiro atoms. The zero-order valence-electron chi connectivity index (χ0n) is 27.7. The minimum atomic E-state index is -0.512. The number of aromatic nitrogens is 4. The van der Waals surface area contributed by atoms with E-state index in [1.165, 1.54) is 70.2 Å². The molecular weight excluding hydrogens is 724 g/mol. The van der Waals surface area contributed by atoms with Gasteiger partial charge in [-0.3, -0.25) is 4.79 Å².